The molecule has 0 spiro atoms. The van der Waals surface area contributed by atoms with Crippen LogP contribution in [0.1, 0.15) is 0 Å². The minimum Gasteiger partial charge on any atom is -0.496 e. The Kier molecular flexibility index (Phi) is 5.50. The van der Waals surface area contributed by atoms with Crippen molar-refractivity contribution in [2.45, 2.75) is 6.54 Å². The Balaban J connectivity index is 1.40. The Bertz CT molecular complexity index is 1010. The summed E-state index contributed by atoms with van der Waals surface area (Å²) in [6, 6.07) is 13.5. The highest BCUT2D eigenvalue weighted by molar-refractivity contribution is 6.30. The zero-order chi connectivity index (χ0) is 19.5. The zero-order valence-electron chi connectivity index (χ0n) is 15.8. The number of hydrogen-bond acceptors (Lipinski definition) is 5. The van der Waals surface area contributed by atoms with Gasteiger partial charge < -0.3 is 9.64 Å². The summed E-state index contributed by atoms with van der Waals surface area (Å²) < 4.78 is 7.02. The monoisotopic (exact) mass is 398 g/mol. The van der Waals surface area contributed by atoms with Gasteiger partial charge in [0, 0.05) is 50.0 Å². The Labute approximate surface area is 168 Å². The summed E-state index contributed by atoms with van der Waals surface area (Å²) in [5, 5.41) is 1.30. The van der Waals surface area contributed by atoms with Gasteiger partial charge in [-0.05, 0) is 36.4 Å². The van der Waals surface area contributed by atoms with E-state index in [0.717, 1.165) is 37.7 Å². The van der Waals surface area contributed by atoms with Crippen molar-refractivity contribution in [3.63, 3.8) is 0 Å². The van der Waals surface area contributed by atoms with Gasteiger partial charge in [0.25, 0.3) is 5.56 Å². The van der Waals surface area contributed by atoms with E-state index >= 15 is 0 Å². The van der Waals surface area contributed by atoms with Gasteiger partial charge in [-0.15, -0.1) is 0 Å². The molecule has 6 nitrogen and oxygen atoms in total. The number of aromatic nitrogens is 2. The van der Waals surface area contributed by atoms with Crippen molar-refractivity contribution in [1.29, 1.82) is 0 Å². The van der Waals surface area contributed by atoms with E-state index in [4.69, 9.17) is 16.3 Å². The van der Waals surface area contributed by atoms with Crippen LogP contribution >= 0.6 is 11.6 Å². The standard InChI is InChI=1S/C21H23ClN4O2/c1-28-19-4-2-3-18-20(19)21(27)26(15-23-18)14-11-24-9-12-25(13-10-24)17-7-5-16(22)6-8-17/h2-8,15H,9-14H2,1H3. The lowest BCUT2D eigenvalue weighted by Crippen LogP contribution is -2.47. The van der Waals surface area contributed by atoms with Crippen LogP contribution in [0.4, 0.5) is 5.69 Å². The summed E-state index contributed by atoms with van der Waals surface area (Å²) in [5.41, 5.74) is 1.81. The number of piperazine rings is 1. The topological polar surface area (TPSA) is 50.6 Å². The smallest absolute Gasteiger partial charge is 0.265 e. The molecule has 0 bridgehead atoms. The molecular formula is C21H23ClN4O2. The summed E-state index contributed by atoms with van der Waals surface area (Å²) in [5.74, 6) is 0.570. The summed E-state index contributed by atoms with van der Waals surface area (Å²) in [6.45, 7) is 5.27. The van der Waals surface area contributed by atoms with E-state index in [1.807, 2.05) is 24.3 Å². The maximum absolute atomic E-state index is 12.9. The van der Waals surface area contributed by atoms with Crippen LogP contribution in [-0.2, 0) is 6.54 Å². The molecular weight excluding hydrogens is 376 g/mol. The summed E-state index contributed by atoms with van der Waals surface area (Å²) in [4.78, 5) is 22.0. The van der Waals surface area contributed by atoms with Crippen LogP contribution in [0.3, 0.4) is 0 Å². The van der Waals surface area contributed by atoms with Gasteiger partial charge in [-0.25, -0.2) is 4.98 Å². The Morgan fingerprint density at radius 2 is 1.79 bits per heavy atom. The molecule has 28 heavy (non-hydrogen) atoms. The van der Waals surface area contributed by atoms with Crippen molar-refractivity contribution < 1.29 is 4.74 Å². The molecule has 1 aliphatic heterocycles. The van der Waals surface area contributed by atoms with Crippen molar-refractivity contribution in [3.8, 4) is 5.75 Å². The van der Waals surface area contributed by atoms with Gasteiger partial charge in [0.1, 0.15) is 11.1 Å². The highest BCUT2D eigenvalue weighted by Crippen LogP contribution is 2.21. The number of rotatable bonds is 5. The van der Waals surface area contributed by atoms with Crippen molar-refractivity contribution >= 4 is 28.2 Å². The largest absolute Gasteiger partial charge is 0.496 e. The number of methoxy groups -OCH3 is 1. The van der Waals surface area contributed by atoms with Crippen molar-refractivity contribution in [3.05, 3.63) is 64.2 Å². The van der Waals surface area contributed by atoms with Gasteiger partial charge in [0.05, 0.1) is 19.0 Å². The normalized spacial score (nSPS) is 15.1. The average Bonchev–Trinajstić information content (AvgIpc) is 2.74. The first-order chi connectivity index (χ1) is 13.7. The van der Waals surface area contributed by atoms with Crippen LogP contribution in [0.2, 0.25) is 5.02 Å². The molecule has 4 rings (SSSR count). The van der Waals surface area contributed by atoms with Crippen LogP contribution in [-0.4, -0.2) is 54.3 Å². The number of halogens is 1. The fourth-order valence-electron chi connectivity index (χ4n) is 3.63. The molecule has 3 aromatic rings. The van der Waals surface area contributed by atoms with Crippen molar-refractivity contribution in [2.75, 3.05) is 44.7 Å². The molecule has 1 fully saturated rings. The SMILES string of the molecule is COc1cccc2ncn(CCN3CCN(c4ccc(Cl)cc4)CC3)c(=O)c12. The Hall–Kier alpha value is -2.57. The summed E-state index contributed by atoms with van der Waals surface area (Å²) in [7, 11) is 1.58. The number of ether oxygens (including phenoxy) is 1. The second-order valence-corrected chi connectivity index (χ2v) is 7.34. The van der Waals surface area contributed by atoms with Gasteiger partial charge in [-0.1, -0.05) is 17.7 Å². The quantitative estimate of drug-likeness (QED) is 0.661. The maximum atomic E-state index is 12.9. The first kappa shape index (κ1) is 18.8. The molecule has 1 aromatic heterocycles. The van der Waals surface area contributed by atoms with E-state index in [2.05, 4.69) is 26.9 Å². The molecule has 0 N–H and O–H groups in total. The van der Waals surface area contributed by atoms with E-state index in [1.165, 1.54) is 5.69 Å². The second kappa shape index (κ2) is 8.20. The van der Waals surface area contributed by atoms with Gasteiger partial charge >= 0.3 is 0 Å². The molecule has 0 radical (unpaired) electrons. The lowest BCUT2D eigenvalue weighted by Gasteiger charge is -2.36. The number of hydrogen-bond donors (Lipinski definition) is 0. The van der Waals surface area contributed by atoms with Crippen molar-refractivity contribution in [2.24, 2.45) is 0 Å². The van der Waals surface area contributed by atoms with Gasteiger partial charge in [0.2, 0.25) is 0 Å². The fourth-order valence-corrected chi connectivity index (χ4v) is 3.76. The van der Waals surface area contributed by atoms with Gasteiger partial charge in [0.15, 0.2) is 0 Å². The highest BCUT2D eigenvalue weighted by atomic mass is 35.5. The van der Waals surface area contributed by atoms with E-state index in [9.17, 15) is 4.79 Å². The fraction of sp³-hybridized carbons (Fsp3) is 0.333. The molecule has 2 heterocycles. The Morgan fingerprint density at radius 3 is 2.50 bits per heavy atom. The first-order valence-electron chi connectivity index (χ1n) is 9.41. The molecule has 0 saturated carbocycles. The average molecular weight is 399 g/mol. The molecule has 0 atom stereocenters. The summed E-state index contributed by atoms with van der Waals surface area (Å²) >= 11 is 5.97. The van der Waals surface area contributed by atoms with Crippen molar-refractivity contribution in [1.82, 2.24) is 14.5 Å². The predicted molar refractivity (Wildman–Crippen MR) is 113 cm³/mol. The second-order valence-electron chi connectivity index (χ2n) is 6.90. The predicted octanol–water partition coefficient (Wildman–Crippen LogP) is 2.88. The van der Waals surface area contributed by atoms with Crippen LogP contribution in [0.5, 0.6) is 5.75 Å². The third-order valence-corrected chi connectivity index (χ3v) is 5.51. The van der Waals surface area contributed by atoms with Gasteiger partial charge in [-0.2, -0.15) is 0 Å². The van der Waals surface area contributed by atoms with Crippen LogP contribution < -0.4 is 15.2 Å². The third-order valence-electron chi connectivity index (χ3n) is 5.26. The number of fused-ring (bicyclic) bond motifs is 1. The Morgan fingerprint density at radius 1 is 1.04 bits per heavy atom. The van der Waals surface area contributed by atoms with E-state index in [1.54, 1.807) is 24.1 Å². The molecule has 0 unspecified atom stereocenters. The van der Waals surface area contributed by atoms with E-state index in [-0.39, 0.29) is 5.56 Å². The number of anilines is 1. The molecule has 1 aliphatic rings. The third kappa shape index (κ3) is 3.84. The molecule has 1 saturated heterocycles. The van der Waals surface area contributed by atoms with Crippen LogP contribution in [0.15, 0.2) is 53.6 Å². The molecule has 0 amide bonds. The van der Waals surface area contributed by atoms with E-state index in [0.29, 0.717) is 23.2 Å². The van der Waals surface area contributed by atoms with Crippen LogP contribution in [0, 0.1) is 0 Å². The molecule has 2 aromatic carbocycles. The number of nitrogens with zero attached hydrogens (tertiary/aromatic N) is 4. The molecule has 0 aliphatic carbocycles. The lowest BCUT2D eigenvalue weighted by molar-refractivity contribution is 0.247. The minimum atomic E-state index is -0.0535. The summed E-state index contributed by atoms with van der Waals surface area (Å²) in [6.07, 6.45) is 1.63. The van der Waals surface area contributed by atoms with Crippen LogP contribution in [0.25, 0.3) is 10.9 Å². The lowest BCUT2D eigenvalue weighted by atomic mass is 10.2. The minimum absolute atomic E-state index is 0.0535. The molecule has 7 heteroatoms. The first-order valence-corrected chi connectivity index (χ1v) is 9.78. The zero-order valence-corrected chi connectivity index (χ0v) is 16.6. The highest BCUT2D eigenvalue weighted by Gasteiger charge is 2.17. The maximum Gasteiger partial charge on any atom is 0.265 e. The molecule has 146 valence electrons. The number of benzene rings is 2. The van der Waals surface area contributed by atoms with E-state index < -0.39 is 0 Å². The van der Waals surface area contributed by atoms with Gasteiger partial charge in [-0.3, -0.25) is 14.3 Å².